The molecule has 3 aromatic heterocycles. The maximum absolute atomic E-state index is 14.3. The number of aryl methyl sites for hydroxylation is 1. The highest BCUT2D eigenvalue weighted by atomic mass is 35.5. The molecule has 0 fully saturated rings. The summed E-state index contributed by atoms with van der Waals surface area (Å²) in [6.07, 6.45) is 1.66. The third-order valence-corrected chi connectivity index (χ3v) is 5.71. The molecule has 1 N–H and O–H groups in total. The van der Waals surface area contributed by atoms with Gasteiger partial charge in [-0.15, -0.1) is 0 Å². The standard InChI is InChI=1S/C25H19ClF2N6/c1-15-12-22(30-13-18-19(26)8-4-10-21(18)28)32-24(31-15)23-17-7-5-11-29-25(17)34(33-23)14-16-6-2-3-9-20(16)27/h2-12H,13-14H2,1H3,(H,30,31,32). The summed E-state index contributed by atoms with van der Waals surface area (Å²) in [5, 5.41) is 8.88. The zero-order valence-corrected chi connectivity index (χ0v) is 18.9. The zero-order valence-electron chi connectivity index (χ0n) is 18.1. The number of benzene rings is 2. The molecule has 0 bridgehead atoms. The molecule has 0 unspecified atom stereocenters. The van der Waals surface area contributed by atoms with Crippen molar-refractivity contribution in [1.29, 1.82) is 0 Å². The SMILES string of the molecule is Cc1cc(NCc2c(F)cccc2Cl)nc(-c2nn(Cc3ccccc3F)c3ncccc23)n1. The lowest BCUT2D eigenvalue weighted by Gasteiger charge is -2.10. The molecular weight excluding hydrogens is 458 g/mol. The van der Waals surface area contributed by atoms with E-state index in [1.165, 1.54) is 12.1 Å². The van der Waals surface area contributed by atoms with Crippen LogP contribution in [-0.4, -0.2) is 24.7 Å². The average molecular weight is 477 g/mol. The van der Waals surface area contributed by atoms with Gasteiger partial charge >= 0.3 is 0 Å². The van der Waals surface area contributed by atoms with Crippen LogP contribution in [0.1, 0.15) is 16.8 Å². The Bertz CT molecular complexity index is 1480. The molecule has 0 amide bonds. The van der Waals surface area contributed by atoms with Gasteiger partial charge in [-0.1, -0.05) is 35.9 Å². The van der Waals surface area contributed by atoms with Crippen molar-refractivity contribution in [3.8, 4) is 11.5 Å². The summed E-state index contributed by atoms with van der Waals surface area (Å²) < 4.78 is 30.1. The van der Waals surface area contributed by atoms with E-state index in [1.54, 1.807) is 53.3 Å². The Morgan fingerprint density at radius 3 is 2.62 bits per heavy atom. The van der Waals surface area contributed by atoms with Crippen molar-refractivity contribution in [3.05, 3.63) is 100 Å². The van der Waals surface area contributed by atoms with Crippen LogP contribution in [0.3, 0.4) is 0 Å². The Morgan fingerprint density at radius 2 is 1.79 bits per heavy atom. The van der Waals surface area contributed by atoms with Crippen molar-refractivity contribution in [1.82, 2.24) is 24.7 Å². The van der Waals surface area contributed by atoms with Crippen LogP contribution in [0.4, 0.5) is 14.6 Å². The molecule has 5 aromatic rings. The topological polar surface area (TPSA) is 68.5 Å². The second-order valence-electron chi connectivity index (χ2n) is 7.74. The first-order valence-electron chi connectivity index (χ1n) is 10.6. The third kappa shape index (κ3) is 4.32. The number of hydrogen-bond acceptors (Lipinski definition) is 5. The van der Waals surface area contributed by atoms with E-state index in [2.05, 4.69) is 25.4 Å². The van der Waals surface area contributed by atoms with E-state index in [0.29, 0.717) is 44.8 Å². The van der Waals surface area contributed by atoms with Gasteiger partial charge in [0.2, 0.25) is 0 Å². The summed E-state index contributed by atoms with van der Waals surface area (Å²) in [6.45, 7) is 2.21. The van der Waals surface area contributed by atoms with E-state index in [-0.39, 0.29) is 18.9 Å². The lowest BCUT2D eigenvalue weighted by molar-refractivity contribution is 0.589. The molecule has 170 valence electrons. The average Bonchev–Trinajstić information content (AvgIpc) is 3.18. The van der Waals surface area contributed by atoms with Crippen molar-refractivity contribution < 1.29 is 8.78 Å². The molecule has 0 radical (unpaired) electrons. The molecular formula is C25H19ClF2N6. The molecule has 5 rings (SSSR count). The molecule has 0 aliphatic rings. The Kier molecular flexibility index (Phi) is 5.90. The van der Waals surface area contributed by atoms with Crippen molar-refractivity contribution in [2.75, 3.05) is 5.32 Å². The van der Waals surface area contributed by atoms with Crippen LogP contribution in [0.25, 0.3) is 22.6 Å². The second kappa shape index (κ2) is 9.15. The van der Waals surface area contributed by atoms with Crippen molar-refractivity contribution in [3.63, 3.8) is 0 Å². The fraction of sp³-hybridized carbons (Fsp3) is 0.120. The molecule has 34 heavy (non-hydrogen) atoms. The van der Waals surface area contributed by atoms with Gasteiger partial charge in [-0.2, -0.15) is 5.10 Å². The van der Waals surface area contributed by atoms with E-state index in [0.717, 1.165) is 5.39 Å². The predicted molar refractivity (Wildman–Crippen MR) is 128 cm³/mol. The maximum Gasteiger partial charge on any atom is 0.183 e. The minimum Gasteiger partial charge on any atom is -0.366 e. The molecule has 6 nitrogen and oxygen atoms in total. The van der Waals surface area contributed by atoms with E-state index in [9.17, 15) is 8.78 Å². The minimum atomic E-state index is -0.394. The smallest absolute Gasteiger partial charge is 0.183 e. The number of halogens is 3. The maximum atomic E-state index is 14.3. The van der Waals surface area contributed by atoms with Crippen molar-refractivity contribution in [2.24, 2.45) is 0 Å². The quantitative estimate of drug-likeness (QED) is 0.336. The van der Waals surface area contributed by atoms with Crippen LogP contribution in [0.15, 0.2) is 66.9 Å². The van der Waals surface area contributed by atoms with Gasteiger partial charge in [0, 0.05) is 40.7 Å². The van der Waals surface area contributed by atoms with Gasteiger partial charge < -0.3 is 5.32 Å². The molecule has 0 spiro atoms. The van der Waals surface area contributed by atoms with Gasteiger partial charge in [0.15, 0.2) is 11.5 Å². The van der Waals surface area contributed by atoms with Gasteiger partial charge in [-0.25, -0.2) is 28.4 Å². The molecule has 0 saturated carbocycles. The van der Waals surface area contributed by atoms with E-state index in [1.807, 2.05) is 13.0 Å². The summed E-state index contributed by atoms with van der Waals surface area (Å²) >= 11 is 6.14. The van der Waals surface area contributed by atoms with Crippen LogP contribution in [0, 0.1) is 18.6 Å². The number of anilines is 1. The monoisotopic (exact) mass is 476 g/mol. The van der Waals surface area contributed by atoms with Crippen LogP contribution in [0.2, 0.25) is 5.02 Å². The summed E-state index contributed by atoms with van der Waals surface area (Å²) in [6, 6.07) is 16.6. The first kappa shape index (κ1) is 21.9. The van der Waals surface area contributed by atoms with Crippen LogP contribution in [-0.2, 0) is 13.1 Å². The van der Waals surface area contributed by atoms with Crippen molar-refractivity contribution >= 4 is 28.5 Å². The number of fused-ring (bicyclic) bond motifs is 1. The number of hydrogen-bond donors (Lipinski definition) is 1. The van der Waals surface area contributed by atoms with Gasteiger partial charge in [0.25, 0.3) is 0 Å². The zero-order chi connectivity index (χ0) is 23.7. The fourth-order valence-corrected chi connectivity index (χ4v) is 3.95. The largest absolute Gasteiger partial charge is 0.366 e. The van der Waals surface area contributed by atoms with Crippen LogP contribution in [0.5, 0.6) is 0 Å². The molecule has 9 heteroatoms. The van der Waals surface area contributed by atoms with Gasteiger partial charge in [0.1, 0.15) is 23.1 Å². The second-order valence-corrected chi connectivity index (χ2v) is 8.15. The molecule has 0 aliphatic heterocycles. The number of nitrogens with one attached hydrogen (secondary N) is 1. The van der Waals surface area contributed by atoms with E-state index in [4.69, 9.17) is 11.6 Å². The highest BCUT2D eigenvalue weighted by Crippen LogP contribution is 2.27. The van der Waals surface area contributed by atoms with Gasteiger partial charge in [0.05, 0.1) is 11.9 Å². The highest BCUT2D eigenvalue weighted by molar-refractivity contribution is 6.31. The van der Waals surface area contributed by atoms with Gasteiger partial charge in [-0.05, 0) is 37.3 Å². The Balaban J connectivity index is 1.51. The number of nitrogens with zero attached hydrogens (tertiary/aromatic N) is 5. The number of aromatic nitrogens is 5. The van der Waals surface area contributed by atoms with E-state index >= 15 is 0 Å². The first-order chi connectivity index (χ1) is 16.5. The fourth-order valence-electron chi connectivity index (χ4n) is 3.72. The molecule has 0 aliphatic carbocycles. The molecule has 3 heterocycles. The third-order valence-electron chi connectivity index (χ3n) is 5.36. The molecule has 2 aromatic carbocycles. The summed E-state index contributed by atoms with van der Waals surface area (Å²) in [5.74, 6) is 0.179. The molecule has 0 atom stereocenters. The lowest BCUT2D eigenvalue weighted by Crippen LogP contribution is -2.07. The minimum absolute atomic E-state index is 0.158. The predicted octanol–water partition coefficient (Wildman–Crippen LogP) is 5.79. The van der Waals surface area contributed by atoms with Crippen molar-refractivity contribution in [2.45, 2.75) is 20.0 Å². The number of pyridine rings is 1. The highest BCUT2D eigenvalue weighted by Gasteiger charge is 2.18. The van der Waals surface area contributed by atoms with E-state index < -0.39 is 5.82 Å². The lowest BCUT2D eigenvalue weighted by atomic mass is 10.2. The molecule has 0 saturated heterocycles. The number of rotatable bonds is 6. The summed E-state index contributed by atoms with van der Waals surface area (Å²) in [7, 11) is 0. The summed E-state index contributed by atoms with van der Waals surface area (Å²) in [4.78, 5) is 13.6. The van der Waals surface area contributed by atoms with Gasteiger partial charge in [-0.3, -0.25) is 0 Å². The van der Waals surface area contributed by atoms with Crippen LogP contribution < -0.4 is 5.32 Å². The normalized spacial score (nSPS) is 11.2. The Morgan fingerprint density at radius 1 is 0.971 bits per heavy atom. The van der Waals surface area contributed by atoms with Crippen LogP contribution >= 0.6 is 11.6 Å². The Labute approximate surface area is 199 Å². The Hall–Kier alpha value is -3.91. The summed E-state index contributed by atoms with van der Waals surface area (Å²) in [5.41, 5.74) is 2.67. The first-order valence-corrected chi connectivity index (χ1v) is 10.9.